The maximum absolute atomic E-state index is 13.3. The van der Waals surface area contributed by atoms with Crippen molar-refractivity contribution in [1.29, 1.82) is 0 Å². The first-order valence-corrected chi connectivity index (χ1v) is 11.5. The summed E-state index contributed by atoms with van der Waals surface area (Å²) in [6.45, 7) is 7.83. The van der Waals surface area contributed by atoms with Crippen molar-refractivity contribution >= 4 is 15.2 Å². The van der Waals surface area contributed by atoms with Crippen LogP contribution in [0.25, 0.3) is 0 Å². The van der Waals surface area contributed by atoms with Crippen molar-refractivity contribution in [3.8, 4) is 0 Å². The summed E-state index contributed by atoms with van der Waals surface area (Å²) < 4.78 is 47.9. The Bertz CT molecular complexity index is 548. The quantitative estimate of drug-likeness (QED) is 0.489. The zero-order chi connectivity index (χ0) is 18.1. The highest BCUT2D eigenvalue weighted by Crippen LogP contribution is 2.66. The van der Waals surface area contributed by atoms with E-state index in [4.69, 9.17) is 18.1 Å². The van der Waals surface area contributed by atoms with E-state index >= 15 is 0 Å². The third-order valence-corrected chi connectivity index (χ3v) is 8.02. The minimum Gasteiger partial charge on any atom is -0.309 e. The highest BCUT2D eigenvalue weighted by molar-refractivity contribution is 7.58. The van der Waals surface area contributed by atoms with Crippen molar-refractivity contribution in [1.82, 2.24) is 4.98 Å². The lowest BCUT2D eigenvalue weighted by atomic mass is 10.2. The number of pyridine rings is 1. The lowest BCUT2D eigenvalue weighted by molar-refractivity contribution is 0.203. The molecule has 1 rings (SSSR count). The van der Waals surface area contributed by atoms with Gasteiger partial charge in [-0.05, 0) is 45.4 Å². The fourth-order valence-corrected chi connectivity index (χ4v) is 7.10. The van der Waals surface area contributed by atoms with Crippen LogP contribution >= 0.6 is 15.2 Å². The maximum atomic E-state index is 13.3. The van der Waals surface area contributed by atoms with Gasteiger partial charge in [-0.15, -0.1) is 0 Å². The van der Waals surface area contributed by atoms with Crippen LogP contribution in [-0.4, -0.2) is 37.6 Å². The third kappa shape index (κ3) is 6.07. The van der Waals surface area contributed by atoms with Gasteiger partial charge in [-0.3, -0.25) is 14.1 Å². The summed E-state index contributed by atoms with van der Waals surface area (Å²) in [4.78, 5) is 3.97. The van der Waals surface area contributed by atoms with E-state index in [1.54, 1.807) is 52.2 Å². The van der Waals surface area contributed by atoms with Crippen LogP contribution in [-0.2, 0) is 27.2 Å². The van der Waals surface area contributed by atoms with Crippen LogP contribution in [0.3, 0.4) is 0 Å². The van der Waals surface area contributed by atoms with Gasteiger partial charge in [0.1, 0.15) is 0 Å². The molecule has 1 heterocycles. The van der Waals surface area contributed by atoms with E-state index in [2.05, 4.69) is 4.98 Å². The lowest BCUT2D eigenvalue weighted by Gasteiger charge is -2.29. The average Bonchev–Trinajstić information content (AvgIpc) is 2.54. The zero-order valence-electron chi connectivity index (χ0n) is 14.7. The van der Waals surface area contributed by atoms with Gasteiger partial charge in [0, 0.05) is 12.4 Å². The smallest absolute Gasteiger partial charge is 0.309 e. The molecule has 138 valence electrons. The average molecular weight is 379 g/mol. The summed E-state index contributed by atoms with van der Waals surface area (Å²) in [6.07, 6.45) is 3.07. The predicted molar refractivity (Wildman–Crippen MR) is 93.6 cm³/mol. The molecular weight excluding hydrogens is 352 g/mol. The fourth-order valence-electron chi connectivity index (χ4n) is 2.30. The van der Waals surface area contributed by atoms with E-state index in [1.807, 2.05) is 0 Å². The van der Waals surface area contributed by atoms with Gasteiger partial charge < -0.3 is 18.1 Å². The SMILES string of the molecule is CCOP(=O)(CC(c1ccncc1)P(=O)(OCC)OCC)OCC. The minimum absolute atomic E-state index is 0.0873. The fraction of sp³-hybridized carbons (Fsp3) is 0.667. The molecule has 0 aliphatic carbocycles. The second-order valence-corrected chi connectivity index (χ2v) is 9.12. The first-order chi connectivity index (χ1) is 11.4. The Hall–Kier alpha value is -0.550. The molecule has 24 heavy (non-hydrogen) atoms. The van der Waals surface area contributed by atoms with Crippen LogP contribution in [0.1, 0.15) is 38.9 Å². The molecule has 1 unspecified atom stereocenters. The van der Waals surface area contributed by atoms with Crippen molar-refractivity contribution in [3.63, 3.8) is 0 Å². The zero-order valence-corrected chi connectivity index (χ0v) is 16.5. The summed E-state index contributed by atoms with van der Waals surface area (Å²) in [6, 6.07) is 3.41. The van der Waals surface area contributed by atoms with Gasteiger partial charge in [0.15, 0.2) is 0 Å². The van der Waals surface area contributed by atoms with E-state index in [-0.39, 0.29) is 32.6 Å². The summed E-state index contributed by atoms with van der Waals surface area (Å²) in [7, 11) is -6.99. The number of nitrogens with zero attached hydrogens (tertiary/aromatic N) is 1. The van der Waals surface area contributed by atoms with Crippen molar-refractivity contribution in [2.45, 2.75) is 33.4 Å². The molecule has 0 radical (unpaired) electrons. The Balaban J connectivity index is 3.27. The first-order valence-electron chi connectivity index (χ1n) is 8.11. The van der Waals surface area contributed by atoms with E-state index in [1.165, 1.54) is 0 Å². The number of aromatic nitrogens is 1. The van der Waals surface area contributed by atoms with Crippen molar-refractivity contribution in [3.05, 3.63) is 30.1 Å². The Morgan fingerprint density at radius 2 is 1.33 bits per heavy atom. The monoisotopic (exact) mass is 379 g/mol. The molecular formula is C15H27NO6P2. The second-order valence-electron chi connectivity index (χ2n) is 4.80. The molecule has 9 heteroatoms. The molecule has 0 saturated heterocycles. The molecule has 1 aromatic heterocycles. The van der Waals surface area contributed by atoms with E-state index in [0.717, 1.165) is 0 Å². The third-order valence-electron chi connectivity index (χ3n) is 3.14. The number of rotatable bonds is 12. The molecule has 0 spiro atoms. The van der Waals surface area contributed by atoms with Crippen LogP contribution < -0.4 is 0 Å². The summed E-state index contributed by atoms with van der Waals surface area (Å²) in [5.41, 5.74) is -0.0980. The van der Waals surface area contributed by atoms with E-state index < -0.39 is 20.9 Å². The van der Waals surface area contributed by atoms with Crippen LogP contribution in [0.4, 0.5) is 0 Å². The molecule has 0 aliphatic rings. The highest BCUT2D eigenvalue weighted by atomic mass is 31.2. The Morgan fingerprint density at radius 1 is 0.875 bits per heavy atom. The summed E-state index contributed by atoms with van der Waals surface area (Å²) in [5.74, 6) is 0. The van der Waals surface area contributed by atoms with Gasteiger partial charge >= 0.3 is 15.2 Å². The molecule has 0 aromatic carbocycles. The normalized spacial score (nSPS) is 13.8. The topological polar surface area (TPSA) is 84.0 Å². The minimum atomic E-state index is -3.56. The van der Waals surface area contributed by atoms with Crippen molar-refractivity contribution in [2.24, 2.45) is 0 Å². The van der Waals surface area contributed by atoms with Gasteiger partial charge in [-0.1, -0.05) is 0 Å². The van der Waals surface area contributed by atoms with Gasteiger partial charge in [0.05, 0.1) is 38.2 Å². The van der Waals surface area contributed by atoms with Crippen LogP contribution in [0.5, 0.6) is 0 Å². The van der Waals surface area contributed by atoms with Crippen molar-refractivity contribution < 1.29 is 27.2 Å². The standard InChI is InChI=1S/C15H27NO6P2/c1-5-19-23(17,20-6-2)13-15(14-9-11-16-12-10-14)24(18,21-7-3)22-8-4/h9-12,15H,5-8,13H2,1-4H3. The van der Waals surface area contributed by atoms with Gasteiger partial charge in [-0.25, -0.2) is 0 Å². The largest absolute Gasteiger partial charge is 0.338 e. The Labute approximate surface area is 144 Å². The van der Waals surface area contributed by atoms with Gasteiger partial charge in [-0.2, -0.15) is 0 Å². The van der Waals surface area contributed by atoms with E-state index in [0.29, 0.717) is 5.56 Å². The molecule has 1 atom stereocenters. The van der Waals surface area contributed by atoms with Gasteiger partial charge in [0.25, 0.3) is 0 Å². The van der Waals surface area contributed by atoms with Crippen molar-refractivity contribution in [2.75, 3.05) is 32.6 Å². The molecule has 0 fully saturated rings. The number of hydrogen-bond donors (Lipinski definition) is 0. The molecule has 0 N–H and O–H groups in total. The molecule has 7 nitrogen and oxygen atoms in total. The highest BCUT2D eigenvalue weighted by Gasteiger charge is 2.42. The van der Waals surface area contributed by atoms with Crippen LogP contribution in [0, 0.1) is 0 Å². The second kappa shape index (κ2) is 10.4. The molecule has 0 amide bonds. The Morgan fingerprint density at radius 3 is 1.75 bits per heavy atom. The molecule has 0 saturated carbocycles. The predicted octanol–water partition coefficient (Wildman–Crippen LogP) is 4.65. The van der Waals surface area contributed by atoms with E-state index in [9.17, 15) is 9.13 Å². The Kier molecular flexibility index (Phi) is 9.35. The summed E-state index contributed by atoms with van der Waals surface area (Å²) >= 11 is 0. The first kappa shape index (κ1) is 21.5. The number of hydrogen-bond acceptors (Lipinski definition) is 7. The summed E-state index contributed by atoms with van der Waals surface area (Å²) in [5, 5.41) is 0. The maximum Gasteiger partial charge on any atom is 0.338 e. The van der Waals surface area contributed by atoms with Crippen LogP contribution in [0.15, 0.2) is 24.5 Å². The lowest BCUT2D eigenvalue weighted by Crippen LogP contribution is -2.13. The van der Waals surface area contributed by atoms with Gasteiger partial charge in [0.2, 0.25) is 0 Å². The van der Waals surface area contributed by atoms with Crippen LogP contribution in [0.2, 0.25) is 0 Å². The molecule has 0 bridgehead atoms. The molecule has 0 aliphatic heterocycles. The molecule has 1 aromatic rings.